The van der Waals surface area contributed by atoms with Crippen LogP contribution in [0.4, 0.5) is 17.1 Å². The third-order valence-electron chi connectivity index (χ3n) is 11.8. The minimum absolute atomic E-state index is 0.947. The molecule has 11 rings (SSSR count). The Morgan fingerprint density at radius 2 is 0.823 bits per heavy atom. The van der Waals surface area contributed by atoms with Gasteiger partial charge in [0.05, 0.1) is 16.9 Å². The van der Waals surface area contributed by atoms with Gasteiger partial charge in [-0.2, -0.15) is 5.10 Å². The summed E-state index contributed by atoms with van der Waals surface area (Å²) in [5, 5.41) is 7.76. The van der Waals surface area contributed by atoms with E-state index < -0.39 is 0 Å². The molecule has 0 saturated heterocycles. The molecule has 3 nitrogen and oxygen atoms in total. The van der Waals surface area contributed by atoms with E-state index in [1.807, 2.05) is 0 Å². The fourth-order valence-electron chi connectivity index (χ4n) is 8.90. The van der Waals surface area contributed by atoms with E-state index in [-0.39, 0.29) is 0 Å². The number of benzene rings is 9. The zero-order valence-corrected chi connectivity index (χ0v) is 34.0. The molecule has 0 fully saturated rings. The number of rotatable bonds is 9. The summed E-state index contributed by atoms with van der Waals surface area (Å²) in [6.45, 7) is 0. The average Bonchev–Trinajstić information content (AvgIpc) is 3.77. The van der Waals surface area contributed by atoms with Crippen LogP contribution < -0.4 is 4.90 Å². The lowest BCUT2D eigenvalue weighted by Gasteiger charge is -2.29. The third-order valence-corrected chi connectivity index (χ3v) is 11.8. The zero-order chi connectivity index (χ0) is 41.2. The standard InChI is InChI=1S/C59H41N3/c1-6-20-42(21-7-1)43-34-37-49(38-35-43)61(55-33-19-18-32-53(55)52-31-17-16-30-51(52)44-22-8-2-9-23-44)50-39-36-48-40-56(45-24-10-3-11-25-45)62-59(54(48)41-50)57(46-26-12-4-13-27-46)58(60-62)47-28-14-5-15-29-47/h1-41H. The van der Waals surface area contributed by atoms with Crippen LogP contribution >= 0.6 is 0 Å². The molecule has 0 unspecified atom stereocenters. The smallest absolute Gasteiger partial charge is 0.101 e. The molecular formula is C59H41N3. The van der Waals surface area contributed by atoms with E-state index in [4.69, 9.17) is 5.10 Å². The highest BCUT2D eigenvalue weighted by Gasteiger charge is 2.24. The number of pyridine rings is 1. The summed E-state index contributed by atoms with van der Waals surface area (Å²) in [5.74, 6) is 0. The molecule has 2 aromatic heterocycles. The Balaban J connectivity index is 1.20. The van der Waals surface area contributed by atoms with Crippen LogP contribution in [0, 0.1) is 0 Å². The molecule has 0 aliphatic rings. The van der Waals surface area contributed by atoms with Gasteiger partial charge < -0.3 is 4.90 Å². The van der Waals surface area contributed by atoms with Crippen LogP contribution in [0.2, 0.25) is 0 Å². The largest absolute Gasteiger partial charge is 0.310 e. The Hall–Kier alpha value is -8.27. The summed E-state index contributed by atoms with van der Waals surface area (Å²) in [4.78, 5) is 2.42. The highest BCUT2D eigenvalue weighted by molar-refractivity contribution is 6.10. The van der Waals surface area contributed by atoms with Crippen molar-refractivity contribution in [3.05, 3.63) is 249 Å². The first-order chi connectivity index (χ1) is 30.8. The van der Waals surface area contributed by atoms with Crippen molar-refractivity contribution in [2.24, 2.45) is 0 Å². The van der Waals surface area contributed by atoms with Crippen molar-refractivity contribution in [1.29, 1.82) is 0 Å². The van der Waals surface area contributed by atoms with Crippen LogP contribution in [0.3, 0.4) is 0 Å². The molecule has 292 valence electrons. The van der Waals surface area contributed by atoms with Crippen molar-refractivity contribution in [3.8, 4) is 67.0 Å². The predicted octanol–water partition coefficient (Wildman–Crippen LogP) is 16.0. The molecule has 2 heterocycles. The van der Waals surface area contributed by atoms with Crippen LogP contribution in [0.5, 0.6) is 0 Å². The molecule has 0 bridgehead atoms. The maximum atomic E-state index is 5.51. The van der Waals surface area contributed by atoms with Crippen molar-refractivity contribution in [2.45, 2.75) is 0 Å². The van der Waals surface area contributed by atoms with Crippen molar-refractivity contribution >= 4 is 33.4 Å². The summed E-state index contributed by atoms with van der Waals surface area (Å²) in [6, 6.07) is 88.9. The molecule has 0 spiro atoms. The van der Waals surface area contributed by atoms with Crippen LogP contribution in [0.15, 0.2) is 249 Å². The molecule has 0 N–H and O–H groups in total. The van der Waals surface area contributed by atoms with E-state index in [9.17, 15) is 0 Å². The van der Waals surface area contributed by atoms with Gasteiger partial charge in [0, 0.05) is 39.0 Å². The number of hydrogen-bond acceptors (Lipinski definition) is 2. The first-order valence-electron chi connectivity index (χ1n) is 21.1. The molecule has 0 atom stereocenters. The molecule has 3 heteroatoms. The van der Waals surface area contributed by atoms with Crippen LogP contribution in [-0.2, 0) is 0 Å². The number of fused-ring (bicyclic) bond motifs is 3. The lowest BCUT2D eigenvalue weighted by Crippen LogP contribution is -2.11. The second-order valence-electron chi connectivity index (χ2n) is 15.6. The zero-order valence-electron chi connectivity index (χ0n) is 34.0. The van der Waals surface area contributed by atoms with E-state index in [0.29, 0.717) is 0 Å². The number of aromatic nitrogens is 2. The summed E-state index contributed by atoms with van der Waals surface area (Å²) in [7, 11) is 0. The Morgan fingerprint density at radius 1 is 0.339 bits per heavy atom. The summed E-state index contributed by atoms with van der Waals surface area (Å²) >= 11 is 0. The molecule has 0 aliphatic carbocycles. The number of anilines is 3. The van der Waals surface area contributed by atoms with Gasteiger partial charge in [0.25, 0.3) is 0 Å². The van der Waals surface area contributed by atoms with E-state index in [2.05, 4.69) is 258 Å². The van der Waals surface area contributed by atoms with Gasteiger partial charge in [-0.15, -0.1) is 0 Å². The number of hydrogen-bond donors (Lipinski definition) is 0. The second kappa shape index (κ2) is 16.1. The highest BCUT2D eigenvalue weighted by Crippen LogP contribution is 2.47. The molecule has 0 radical (unpaired) electrons. The van der Waals surface area contributed by atoms with Gasteiger partial charge in [-0.1, -0.05) is 212 Å². The fourth-order valence-corrected chi connectivity index (χ4v) is 8.90. The Bertz CT molecular complexity index is 3310. The minimum Gasteiger partial charge on any atom is -0.310 e. The van der Waals surface area contributed by atoms with Gasteiger partial charge in [-0.05, 0) is 75.2 Å². The van der Waals surface area contributed by atoms with E-state index in [1.165, 1.54) is 27.8 Å². The quantitative estimate of drug-likeness (QED) is 0.145. The van der Waals surface area contributed by atoms with Crippen LogP contribution in [0.25, 0.3) is 83.3 Å². The Morgan fingerprint density at radius 3 is 1.47 bits per heavy atom. The molecule has 9 aromatic carbocycles. The average molecular weight is 792 g/mol. The van der Waals surface area contributed by atoms with Gasteiger partial charge in [-0.3, -0.25) is 0 Å². The van der Waals surface area contributed by atoms with Crippen molar-refractivity contribution in [1.82, 2.24) is 9.61 Å². The van der Waals surface area contributed by atoms with Crippen LogP contribution in [0.1, 0.15) is 0 Å². The van der Waals surface area contributed by atoms with Gasteiger partial charge in [0.2, 0.25) is 0 Å². The Kier molecular flexibility index (Phi) is 9.53. The first kappa shape index (κ1) is 36.8. The van der Waals surface area contributed by atoms with Crippen molar-refractivity contribution < 1.29 is 0 Å². The number of nitrogens with zero attached hydrogens (tertiary/aromatic N) is 3. The second-order valence-corrected chi connectivity index (χ2v) is 15.6. The van der Waals surface area contributed by atoms with Gasteiger partial charge >= 0.3 is 0 Å². The topological polar surface area (TPSA) is 20.5 Å². The predicted molar refractivity (Wildman–Crippen MR) is 260 cm³/mol. The summed E-state index contributed by atoms with van der Waals surface area (Å²) < 4.78 is 2.18. The molecule has 0 saturated carbocycles. The van der Waals surface area contributed by atoms with Gasteiger partial charge in [0.15, 0.2) is 0 Å². The SMILES string of the molecule is c1ccc(-c2ccc(N(c3ccc4cc(-c5ccccc5)n5nc(-c6ccccc6)c(-c6ccccc6)c5c4c3)c3ccccc3-c3ccccc3-c3ccccc3)cc2)cc1. The lowest BCUT2D eigenvalue weighted by atomic mass is 9.93. The van der Waals surface area contributed by atoms with Crippen molar-refractivity contribution in [3.63, 3.8) is 0 Å². The highest BCUT2D eigenvalue weighted by atomic mass is 15.2. The lowest BCUT2D eigenvalue weighted by molar-refractivity contribution is 0.979. The first-order valence-corrected chi connectivity index (χ1v) is 21.1. The molecule has 0 amide bonds. The Labute approximate surface area is 362 Å². The van der Waals surface area contributed by atoms with E-state index >= 15 is 0 Å². The summed E-state index contributed by atoms with van der Waals surface area (Å²) in [5.41, 5.74) is 17.7. The maximum absolute atomic E-state index is 5.51. The monoisotopic (exact) mass is 791 g/mol. The normalized spacial score (nSPS) is 11.2. The molecule has 0 aliphatic heterocycles. The molecule has 62 heavy (non-hydrogen) atoms. The van der Waals surface area contributed by atoms with E-state index in [0.717, 1.165) is 72.6 Å². The minimum atomic E-state index is 0.947. The fraction of sp³-hybridized carbons (Fsp3) is 0. The van der Waals surface area contributed by atoms with Gasteiger partial charge in [-0.25, -0.2) is 4.52 Å². The van der Waals surface area contributed by atoms with Gasteiger partial charge in [0.1, 0.15) is 5.69 Å². The molecule has 11 aromatic rings. The summed E-state index contributed by atoms with van der Waals surface area (Å²) in [6.07, 6.45) is 0. The van der Waals surface area contributed by atoms with Crippen LogP contribution in [-0.4, -0.2) is 9.61 Å². The third kappa shape index (κ3) is 6.72. The van der Waals surface area contributed by atoms with Crippen molar-refractivity contribution in [2.75, 3.05) is 4.90 Å². The number of para-hydroxylation sites is 1. The molecular weight excluding hydrogens is 751 g/mol. The van der Waals surface area contributed by atoms with E-state index in [1.54, 1.807) is 0 Å². The maximum Gasteiger partial charge on any atom is 0.101 e.